The van der Waals surface area contributed by atoms with Crippen LogP contribution in [0.5, 0.6) is 0 Å². The van der Waals surface area contributed by atoms with Gasteiger partial charge in [-0.05, 0) is 50.1 Å². The van der Waals surface area contributed by atoms with Gasteiger partial charge in [0.1, 0.15) is 6.04 Å². The molecule has 3 aliphatic heterocycles. The molecule has 132 valence electrons. The van der Waals surface area contributed by atoms with Crippen LogP contribution in [0.2, 0.25) is 0 Å². The van der Waals surface area contributed by atoms with E-state index in [0.29, 0.717) is 18.6 Å². The number of hydrogen-bond acceptors (Lipinski definition) is 4. The van der Waals surface area contributed by atoms with Crippen LogP contribution >= 0.6 is 23.7 Å². The van der Waals surface area contributed by atoms with Gasteiger partial charge in [0.2, 0.25) is 5.91 Å². The fourth-order valence-electron chi connectivity index (χ4n) is 4.32. The highest BCUT2D eigenvalue weighted by Gasteiger charge is 2.44. The first kappa shape index (κ1) is 17.7. The van der Waals surface area contributed by atoms with Gasteiger partial charge in [0.25, 0.3) is 5.91 Å². The van der Waals surface area contributed by atoms with E-state index in [-0.39, 0.29) is 30.3 Å². The van der Waals surface area contributed by atoms with Crippen molar-refractivity contribution in [2.24, 2.45) is 0 Å². The first-order valence-electron chi connectivity index (χ1n) is 8.63. The first-order valence-corrected chi connectivity index (χ1v) is 9.51. The Morgan fingerprint density at radius 1 is 1.17 bits per heavy atom. The van der Waals surface area contributed by atoms with Gasteiger partial charge >= 0.3 is 0 Å². The van der Waals surface area contributed by atoms with Crippen molar-refractivity contribution in [3.8, 4) is 0 Å². The molecule has 2 bridgehead atoms. The van der Waals surface area contributed by atoms with Crippen LogP contribution in [0.1, 0.15) is 41.8 Å². The summed E-state index contributed by atoms with van der Waals surface area (Å²) >= 11 is 1.46. The van der Waals surface area contributed by atoms with Gasteiger partial charge in [0.05, 0.1) is 4.88 Å². The molecule has 3 saturated heterocycles. The second-order valence-corrected chi connectivity index (χ2v) is 7.70. The lowest BCUT2D eigenvalue weighted by Gasteiger charge is -2.33. The molecule has 0 saturated carbocycles. The summed E-state index contributed by atoms with van der Waals surface area (Å²) in [6.45, 7) is 2.59. The summed E-state index contributed by atoms with van der Waals surface area (Å²) < 4.78 is 0. The molecule has 2 amide bonds. The smallest absolute Gasteiger partial charge is 0.264 e. The summed E-state index contributed by atoms with van der Waals surface area (Å²) in [6.07, 6.45) is 4.97. The Labute approximate surface area is 152 Å². The van der Waals surface area contributed by atoms with E-state index in [9.17, 15) is 9.59 Å². The number of carbonyl (C=O) groups excluding carboxylic acids is 2. The normalized spacial score (nSPS) is 29.2. The minimum atomic E-state index is -0.259. The second kappa shape index (κ2) is 7.42. The number of halogens is 1. The van der Waals surface area contributed by atoms with Crippen molar-refractivity contribution < 1.29 is 9.59 Å². The quantitative estimate of drug-likeness (QED) is 0.868. The number of thiophene rings is 1. The van der Waals surface area contributed by atoms with E-state index in [1.165, 1.54) is 11.3 Å². The molecule has 24 heavy (non-hydrogen) atoms. The van der Waals surface area contributed by atoms with Crippen molar-refractivity contribution in [3.63, 3.8) is 0 Å². The summed E-state index contributed by atoms with van der Waals surface area (Å²) in [4.78, 5) is 30.6. The van der Waals surface area contributed by atoms with Gasteiger partial charge in [0, 0.05) is 25.2 Å². The first-order chi connectivity index (χ1) is 11.3. The monoisotopic (exact) mass is 369 g/mol. The minimum Gasteiger partial charge on any atom is -0.334 e. The van der Waals surface area contributed by atoms with Crippen LogP contribution in [0.4, 0.5) is 0 Å². The predicted octanol–water partition coefficient (Wildman–Crippen LogP) is 2.13. The highest BCUT2D eigenvalue weighted by atomic mass is 35.5. The van der Waals surface area contributed by atoms with Gasteiger partial charge in [-0.15, -0.1) is 23.7 Å². The van der Waals surface area contributed by atoms with E-state index in [1.807, 2.05) is 22.4 Å². The Hall–Kier alpha value is -1.11. The number of nitrogens with zero attached hydrogens (tertiary/aromatic N) is 2. The third-order valence-electron chi connectivity index (χ3n) is 5.44. The van der Waals surface area contributed by atoms with Crippen LogP contribution in [0.25, 0.3) is 0 Å². The SMILES string of the molecule is Cl.O=C(c1cccs1)N1CCCC1C(=O)N1C2CCNCC1CC2. The average molecular weight is 370 g/mol. The van der Waals surface area contributed by atoms with E-state index >= 15 is 0 Å². The summed E-state index contributed by atoms with van der Waals surface area (Å²) in [5, 5.41) is 5.36. The van der Waals surface area contributed by atoms with Crippen LogP contribution < -0.4 is 5.32 Å². The van der Waals surface area contributed by atoms with E-state index < -0.39 is 0 Å². The summed E-state index contributed by atoms with van der Waals surface area (Å²) in [5.74, 6) is 0.208. The average Bonchev–Trinajstić information content (AvgIpc) is 3.25. The highest BCUT2D eigenvalue weighted by molar-refractivity contribution is 7.12. The van der Waals surface area contributed by atoms with Crippen molar-refractivity contribution >= 4 is 35.6 Å². The predicted molar refractivity (Wildman–Crippen MR) is 96.8 cm³/mol. The zero-order valence-corrected chi connectivity index (χ0v) is 15.3. The Morgan fingerprint density at radius 3 is 2.79 bits per heavy atom. The topological polar surface area (TPSA) is 52.7 Å². The molecule has 1 aromatic rings. The van der Waals surface area contributed by atoms with Crippen molar-refractivity contribution in [1.29, 1.82) is 0 Å². The molecule has 3 unspecified atom stereocenters. The van der Waals surface area contributed by atoms with E-state index in [0.717, 1.165) is 50.1 Å². The maximum Gasteiger partial charge on any atom is 0.264 e. The fourth-order valence-corrected chi connectivity index (χ4v) is 5.00. The second-order valence-electron chi connectivity index (χ2n) is 6.76. The molecule has 1 aromatic heterocycles. The number of fused-ring (bicyclic) bond motifs is 2. The van der Waals surface area contributed by atoms with Gasteiger partial charge in [-0.3, -0.25) is 9.59 Å². The number of likely N-dealkylation sites (tertiary alicyclic amines) is 1. The molecule has 4 heterocycles. The third-order valence-corrected chi connectivity index (χ3v) is 6.30. The van der Waals surface area contributed by atoms with Crippen LogP contribution in [0.3, 0.4) is 0 Å². The Balaban J connectivity index is 0.00000169. The third kappa shape index (κ3) is 3.07. The number of nitrogens with one attached hydrogen (secondary N) is 1. The summed E-state index contributed by atoms with van der Waals surface area (Å²) in [5.41, 5.74) is 0. The maximum absolute atomic E-state index is 13.2. The molecule has 5 nitrogen and oxygen atoms in total. The van der Waals surface area contributed by atoms with Crippen LogP contribution in [0, 0.1) is 0 Å². The van der Waals surface area contributed by atoms with Gasteiger partial charge in [-0.2, -0.15) is 0 Å². The standard InChI is InChI=1S/C17H23N3O2S.ClH/c21-16(20-12-5-6-13(20)11-18-8-7-12)14-3-1-9-19(14)17(22)15-4-2-10-23-15;/h2,4,10,12-14,18H,1,3,5-9,11H2;1H. The molecule has 0 radical (unpaired) electrons. The van der Waals surface area contributed by atoms with Crippen LogP contribution in [-0.4, -0.2) is 59.4 Å². The van der Waals surface area contributed by atoms with Crippen molar-refractivity contribution in [3.05, 3.63) is 22.4 Å². The molecule has 3 aliphatic rings. The largest absolute Gasteiger partial charge is 0.334 e. The molecule has 0 aromatic carbocycles. The molecule has 3 fully saturated rings. The lowest BCUT2D eigenvalue weighted by atomic mass is 10.1. The molecular formula is C17H24ClN3O2S. The van der Waals surface area contributed by atoms with Crippen LogP contribution in [-0.2, 0) is 4.79 Å². The molecule has 1 N–H and O–H groups in total. The molecule has 7 heteroatoms. The lowest BCUT2D eigenvalue weighted by molar-refractivity contribution is -0.137. The number of hydrogen-bond donors (Lipinski definition) is 1. The lowest BCUT2D eigenvalue weighted by Crippen LogP contribution is -2.52. The molecular weight excluding hydrogens is 346 g/mol. The highest BCUT2D eigenvalue weighted by Crippen LogP contribution is 2.32. The van der Waals surface area contributed by atoms with E-state index in [4.69, 9.17) is 0 Å². The fraction of sp³-hybridized carbons (Fsp3) is 0.647. The van der Waals surface area contributed by atoms with Crippen molar-refractivity contribution in [2.75, 3.05) is 19.6 Å². The number of rotatable bonds is 2. The van der Waals surface area contributed by atoms with Crippen molar-refractivity contribution in [1.82, 2.24) is 15.1 Å². The maximum atomic E-state index is 13.2. The Kier molecular flexibility index (Phi) is 5.47. The number of amides is 2. The Bertz CT molecular complexity index is 581. The molecule has 0 spiro atoms. The summed E-state index contributed by atoms with van der Waals surface area (Å²) in [7, 11) is 0. The van der Waals surface area contributed by atoms with Gasteiger partial charge < -0.3 is 15.1 Å². The molecule has 0 aliphatic carbocycles. The zero-order chi connectivity index (χ0) is 15.8. The zero-order valence-electron chi connectivity index (χ0n) is 13.6. The Morgan fingerprint density at radius 2 is 2.00 bits per heavy atom. The van der Waals surface area contributed by atoms with E-state index in [1.54, 1.807) is 0 Å². The van der Waals surface area contributed by atoms with Crippen molar-refractivity contribution in [2.45, 2.75) is 50.2 Å². The minimum absolute atomic E-state index is 0. The van der Waals surface area contributed by atoms with Gasteiger partial charge in [0.15, 0.2) is 0 Å². The van der Waals surface area contributed by atoms with Crippen LogP contribution in [0.15, 0.2) is 17.5 Å². The molecule has 4 rings (SSSR count). The summed E-state index contributed by atoms with van der Waals surface area (Å²) in [6, 6.07) is 4.17. The molecule has 3 atom stereocenters. The van der Waals surface area contributed by atoms with E-state index in [2.05, 4.69) is 10.2 Å². The number of carbonyl (C=O) groups is 2. The van der Waals surface area contributed by atoms with Gasteiger partial charge in [-0.1, -0.05) is 6.07 Å². The van der Waals surface area contributed by atoms with Gasteiger partial charge in [-0.25, -0.2) is 0 Å².